The third-order valence-corrected chi connectivity index (χ3v) is 8.14. The number of benzene rings is 3. The van der Waals surface area contributed by atoms with Crippen LogP contribution in [0.5, 0.6) is 0 Å². The molecule has 0 saturated carbocycles. The van der Waals surface area contributed by atoms with Crippen LogP contribution in [-0.2, 0) is 9.31 Å². The Morgan fingerprint density at radius 2 is 1.38 bits per heavy atom. The molecule has 0 unspecified atom stereocenters. The fraction of sp³-hybridized carbons (Fsp3) is 0.214. The van der Waals surface area contributed by atoms with E-state index in [2.05, 4.69) is 88.4 Å². The summed E-state index contributed by atoms with van der Waals surface area (Å²) in [5.74, 6) is 0.681. The molecule has 1 aliphatic rings. The van der Waals surface area contributed by atoms with E-state index in [-0.39, 0.29) is 0 Å². The van der Waals surface area contributed by atoms with Gasteiger partial charge in [-0.05, 0) is 39.2 Å². The van der Waals surface area contributed by atoms with Crippen LogP contribution in [0.1, 0.15) is 27.7 Å². The minimum Gasteiger partial charge on any atom is -0.399 e. The highest BCUT2D eigenvalue weighted by atomic mass is 32.1. The van der Waals surface area contributed by atoms with Gasteiger partial charge in [0.25, 0.3) is 0 Å². The van der Waals surface area contributed by atoms with Crippen molar-refractivity contribution < 1.29 is 9.31 Å². The molecule has 0 bridgehead atoms. The van der Waals surface area contributed by atoms with Crippen molar-refractivity contribution in [3.05, 3.63) is 78.9 Å². The summed E-state index contributed by atoms with van der Waals surface area (Å²) < 4.78 is 15.1. The summed E-state index contributed by atoms with van der Waals surface area (Å²) in [5.41, 5.74) is 4.03. The summed E-state index contributed by atoms with van der Waals surface area (Å²) in [5, 5.41) is 1.15. The third-order valence-electron chi connectivity index (χ3n) is 6.98. The van der Waals surface area contributed by atoms with Crippen molar-refractivity contribution >= 4 is 44.2 Å². The summed E-state index contributed by atoms with van der Waals surface area (Å²) in [6.45, 7) is 8.29. The molecule has 3 aromatic carbocycles. The normalized spacial score (nSPS) is 17.0. The van der Waals surface area contributed by atoms with Gasteiger partial charge in [-0.2, -0.15) is 0 Å². The zero-order valence-electron chi connectivity index (χ0n) is 19.7. The summed E-state index contributed by atoms with van der Waals surface area (Å²) in [6, 6.07) is 26.9. The first-order valence-corrected chi connectivity index (χ1v) is 12.4. The van der Waals surface area contributed by atoms with Crippen molar-refractivity contribution in [3.8, 4) is 22.6 Å². The molecule has 0 N–H and O–H groups in total. The second kappa shape index (κ2) is 7.74. The average molecular weight is 464 g/mol. The van der Waals surface area contributed by atoms with Crippen molar-refractivity contribution in [1.82, 2.24) is 9.97 Å². The van der Waals surface area contributed by atoms with Crippen LogP contribution in [0.15, 0.2) is 78.9 Å². The minimum absolute atomic E-state index is 0.422. The molecule has 0 aliphatic carbocycles. The van der Waals surface area contributed by atoms with Gasteiger partial charge in [0.05, 0.1) is 27.1 Å². The molecular weight excluding hydrogens is 439 g/mol. The van der Waals surface area contributed by atoms with Gasteiger partial charge in [-0.15, -0.1) is 11.3 Å². The van der Waals surface area contributed by atoms with Gasteiger partial charge in [-0.1, -0.05) is 72.8 Å². The predicted octanol–water partition coefficient (Wildman–Crippen LogP) is 6.48. The Morgan fingerprint density at radius 3 is 2.15 bits per heavy atom. The Labute approximate surface area is 203 Å². The lowest BCUT2D eigenvalue weighted by atomic mass is 9.75. The second-order valence-electron chi connectivity index (χ2n) is 9.71. The van der Waals surface area contributed by atoms with Gasteiger partial charge >= 0.3 is 7.12 Å². The molecule has 1 saturated heterocycles. The average Bonchev–Trinajstić information content (AvgIpc) is 3.32. The van der Waals surface area contributed by atoms with E-state index in [1.807, 2.05) is 18.2 Å². The van der Waals surface area contributed by atoms with Crippen LogP contribution >= 0.6 is 11.3 Å². The van der Waals surface area contributed by atoms with Gasteiger partial charge < -0.3 is 9.31 Å². The molecule has 5 aromatic rings. The summed E-state index contributed by atoms with van der Waals surface area (Å²) in [7, 11) is -0.486. The summed E-state index contributed by atoms with van der Waals surface area (Å²) >= 11 is 1.74. The van der Waals surface area contributed by atoms with Gasteiger partial charge in [-0.3, -0.25) is 0 Å². The first kappa shape index (κ1) is 21.5. The van der Waals surface area contributed by atoms with E-state index in [0.717, 1.165) is 37.9 Å². The molecule has 168 valence electrons. The van der Waals surface area contributed by atoms with Crippen LogP contribution < -0.4 is 5.46 Å². The first-order valence-electron chi connectivity index (χ1n) is 11.5. The zero-order valence-corrected chi connectivity index (χ0v) is 20.5. The maximum absolute atomic E-state index is 6.39. The molecule has 0 atom stereocenters. The molecule has 3 heterocycles. The van der Waals surface area contributed by atoms with Crippen LogP contribution in [0.25, 0.3) is 42.9 Å². The van der Waals surface area contributed by atoms with Gasteiger partial charge in [0.15, 0.2) is 5.82 Å². The van der Waals surface area contributed by atoms with E-state index in [0.29, 0.717) is 5.82 Å². The number of hydrogen-bond acceptors (Lipinski definition) is 5. The molecule has 34 heavy (non-hydrogen) atoms. The van der Waals surface area contributed by atoms with E-state index < -0.39 is 18.3 Å². The van der Waals surface area contributed by atoms with E-state index in [1.54, 1.807) is 11.3 Å². The third kappa shape index (κ3) is 3.37. The number of rotatable bonds is 3. The molecule has 0 spiro atoms. The van der Waals surface area contributed by atoms with Gasteiger partial charge in [0, 0.05) is 21.2 Å². The summed E-state index contributed by atoms with van der Waals surface area (Å²) in [4.78, 5) is 10.2. The molecule has 2 aromatic heterocycles. The van der Waals surface area contributed by atoms with E-state index in [1.165, 1.54) is 4.70 Å². The smallest absolute Gasteiger partial charge is 0.399 e. The molecule has 6 heteroatoms. The first-order chi connectivity index (χ1) is 16.3. The number of fused-ring (bicyclic) bond motifs is 3. The Balaban J connectivity index is 1.59. The summed E-state index contributed by atoms with van der Waals surface area (Å²) in [6.07, 6.45) is 0. The highest BCUT2D eigenvalue weighted by Gasteiger charge is 2.52. The lowest BCUT2D eigenvalue weighted by Crippen LogP contribution is -2.41. The monoisotopic (exact) mass is 464 g/mol. The molecular formula is C28H25BN2O2S. The van der Waals surface area contributed by atoms with Crippen LogP contribution in [0.4, 0.5) is 0 Å². The molecule has 6 rings (SSSR count). The number of nitrogens with zero attached hydrogens (tertiary/aromatic N) is 2. The maximum atomic E-state index is 6.39. The van der Waals surface area contributed by atoms with Crippen LogP contribution in [0.3, 0.4) is 0 Å². The minimum atomic E-state index is -0.486. The highest BCUT2D eigenvalue weighted by molar-refractivity contribution is 7.26. The van der Waals surface area contributed by atoms with Gasteiger partial charge in [0.2, 0.25) is 0 Å². The van der Waals surface area contributed by atoms with Crippen LogP contribution in [0.2, 0.25) is 0 Å². The Kier molecular flexibility index (Phi) is 4.89. The quantitative estimate of drug-likeness (QED) is 0.287. The van der Waals surface area contributed by atoms with E-state index >= 15 is 0 Å². The van der Waals surface area contributed by atoms with Crippen molar-refractivity contribution in [1.29, 1.82) is 0 Å². The SMILES string of the molecule is CC1(C)OB(c2ccccc2-c2nc(-c3ccccc3)c3sc4ccccc4c3n2)OC1(C)C. The highest BCUT2D eigenvalue weighted by Crippen LogP contribution is 2.40. The number of thiophene rings is 1. The van der Waals surface area contributed by atoms with E-state index in [9.17, 15) is 0 Å². The zero-order chi connectivity index (χ0) is 23.5. The Hall–Kier alpha value is -3.06. The van der Waals surface area contributed by atoms with Crippen molar-refractivity contribution in [2.75, 3.05) is 0 Å². The Bertz CT molecular complexity index is 1510. The lowest BCUT2D eigenvalue weighted by Gasteiger charge is -2.32. The Morgan fingerprint density at radius 1 is 0.735 bits per heavy atom. The number of hydrogen-bond donors (Lipinski definition) is 0. The lowest BCUT2D eigenvalue weighted by molar-refractivity contribution is 0.00578. The van der Waals surface area contributed by atoms with Gasteiger partial charge in [-0.25, -0.2) is 9.97 Å². The number of aromatic nitrogens is 2. The second-order valence-corrected chi connectivity index (χ2v) is 10.8. The maximum Gasteiger partial charge on any atom is 0.495 e. The van der Waals surface area contributed by atoms with Crippen molar-refractivity contribution in [3.63, 3.8) is 0 Å². The predicted molar refractivity (Wildman–Crippen MR) is 142 cm³/mol. The van der Waals surface area contributed by atoms with Crippen LogP contribution in [0, 0.1) is 0 Å². The van der Waals surface area contributed by atoms with E-state index in [4.69, 9.17) is 19.3 Å². The molecule has 4 nitrogen and oxygen atoms in total. The van der Waals surface area contributed by atoms with Gasteiger partial charge in [0.1, 0.15) is 0 Å². The largest absolute Gasteiger partial charge is 0.495 e. The molecule has 0 radical (unpaired) electrons. The topological polar surface area (TPSA) is 44.2 Å². The van der Waals surface area contributed by atoms with Crippen molar-refractivity contribution in [2.24, 2.45) is 0 Å². The van der Waals surface area contributed by atoms with Crippen molar-refractivity contribution in [2.45, 2.75) is 38.9 Å². The molecule has 1 fully saturated rings. The molecule has 1 aliphatic heterocycles. The fourth-order valence-corrected chi connectivity index (χ4v) is 5.53. The molecule has 0 amide bonds. The fourth-order valence-electron chi connectivity index (χ4n) is 4.38. The van der Waals surface area contributed by atoms with Crippen LogP contribution in [-0.4, -0.2) is 28.3 Å². The standard InChI is InChI=1S/C28H25BN2O2S/c1-27(2)28(3,4)33-29(32-27)21-16-10-8-14-19(21)26-30-23(18-12-6-5-7-13-18)25-24(31-26)20-15-9-11-17-22(20)34-25/h5-17H,1-4H3.